The Hall–Kier alpha value is -4.21. The van der Waals surface area contributed by atoms with E-state index >= 15 is 0 Å². The predicted molar refractivity (Wildman–Crippen MR) is 130 cm³/mol. The molecule has 1 aromatic carbocycles. The van der Waals surface area contributed by atoms with Gasteiger partial charge in [0.1, 0.15) is 11.5 Å². The lowest BCUT2D eigenvalue weighted by molar-refractivity contribution is -0.143. The summed E-state index contributed by atoms with van der Waals surface area (Å²) in [6.07, 6.45) is 7.42. The van der Waals surface area contributed by atoms with Gasteiger partial charge < -0.3 is 10.1 Å². The number of nitrogens with zero attached hydrogens (tertiary/aromatic N) is 5. The number of ether oxygens (including phenoxy) is 1. The fourth-order valence-electron chi connectivity index (χ4n) is 4.17. The van der Waals surface area contributed by atoms with Crippen LogP contribution < -0.4 is 5.32 Å². The molecule has 0 spiro atoms. The average molecular weight is 491 g/mol. The number of benzene rings is 1. The maximum absolute atomic E-state index is 13.7. The summed E-state index contributed by atoms with van der Waals surface area (Å²) < 4.78 is 33.9. The molecule has 1 aliphatic rings. The first-order chi connectivity index (χ1) is 17.2. The van der Waals surface area contributed by atoms with Crippen molar-refractivity contribution in [2.45, 2.75) is 31.1 Å². The highest BCUT2D eigenvalue weighted by Crippen LogP contribution is 2.49. The zero-order valence-electron chi connectivity index (χ0n) is 20.0. The van der Waals surface area contributed by atoms with Crippen molar-refractivity contribution in [3.63, 3.8) is 0 Å². The summed E-state index contributed by atoms with van der Waals surface area (Å²) in [5.74, 6) is -2.57. The Balaban J connectivity index is 1.38. The van der Waals surface area contributed by atoms with Crippen molar-refractivity contribution in [1.29, 1.82) is 0 Å². The molecule has 0 saturated heterocycles. The van der Waals surface area contributed by atoms with Crippen LogP contribution in [0.4, 0.5) is 20.4 Å². The van der Waals surface area contributed by atoms with E-state index in [1.807, 2.05) is 36.4 Å². The van der Waals surface area contributed by atoms with Crippen LogP contribution in [0.1, 0.15) is 31.0 Å². The van der Waals surface area contributed by atoms with Crippen molar-refractivity contribution < 1.29 is 18.3 Å². The van der Waals surface area contributed by atoms with E-state index in [0.29, 0.717) is 17.1 Å². The molecule has 8 nitrogen and oxygen atoms in total. The van der Waals surface area contributed by atoms with E-state index in [1.54, 1.807) is 24.1 Å². The van der Waals surface area contributed by atoms with Crippen LogP contribution in [0.3, 0.4) is 0 Å². The van der Waals surface area contributed by atoms with Crippen LogP contribution in [0.15, 0.2) is 61.2 Å². The summed E-state index contributed by atoms with van der Waals surface area (Å²) >= 11 is 0. The first-order valence-corrected chi connectivity index (χ1v) is 11.4. The number of carbonyl (C=O) groups is 1. The second kappa shape index (κ2) is 8.78. The maximum atomic E-state index is 13.7. The average Bonchev–Trinajstić information content (AvgIpc) is 3.62. The monoisotopic (exact) mass is 490 g/mol. The van der Waals surface area contributed by atoms with E-state index in [1.165, 1.54) is 13.3 Å². The molecule has 1 N–H and O–H groups in total. The summed E-state index contributed by atoms with van der Waals surface area (Å²) in [6, 6.07) is 11.7. The Labute approximate surface area is 206 Å². The third-order valence-electron chi connectivity index (χ3n) is 6.41. The number of hydrogen-bond acceptors (Lipinski definition) is 7. The molecule has 1 aliphatic carbocycles. The summed E-state index contributed by atoms with van der Waals surface area (Å²) in [4.78, 5) is 24.6. The van der Waals surface area contributed by atoms with Gasteiger partial charge in [-0.15, -0.1) is 0 Å². The van der Waals surface area contributed by atoms with Gasteiger partial charge in [-0.05, 0) is 30.0 Å². The van der Waals surface area contributed by atoms with Gasteiger partial charge in [0.2, 0.25) is 0 Å². The van der Waals surface area contributed by atoms with Crippen LogP contribution in [0.25, 0.3) is 22.4 Å². The molecule has 0 bridgehead atoms. The molecule has 1 fully saturated rings. The predicted octanol–water partition coefficient (Wildman–Crippen LogP) is 5.00. The summed E-state index contributed by atoms with van der Waals surface area (Å²) in [5.41, 5.74) is 3.24. The van der Waals surface area contributed by atoms with Crippen LogP contribution in [0.5, 0.6) is 0 Å². The Morgan fingerprint density at radius 1 is 1.06 bits per heavy atom. The van der Waals surface area contributed by atoms with Crippen molar-refractivity contribution in [3.05, 3.63) is 72.4 Å². The van der Waals surface area contributed by atoms with Gasteiger partial charge in [0.15, 0.2) is 5.82 Å². The molecule has 0 amide bonds. The van der Waals surface area contributed by atoms with Crippen molar-refractivity contribution >= 4 is 17.6 Å². The van der Waals surface area contributed by atoms with E-state index in [-0.39, 0.29) is 11.8 Å². The molecule has 10 heteroatoms. The number of esters is 1. The standard InChI is InChI=1S/C26H24F2N6O2/c1-25(27,28)21-14-29-15-22(32-21)33-23-19(13-31-34(23)2)20-9-6-17(12-30-20)16-4-7-18(8-5-16)26(10-11-26)24(35)36-3/h4-9,12-15H,10-11H2,1-3H3,(H,32,33). The molecular weight excluding hydrogens is 466 g/mol. The summed E-state index contributed by atoms with van der Waals surface area (Å²) in [5, 5.41) is 7.31. The van der Waals surface area contributed by atoms with Crippen molar-refractivity contribution in [2.75, 3.05) is 12.4 Å². The van der Waals surface area contributed by atoms with Crippen LogP contribution >= 0.6 is 0 Å². The summed E-state index contributed by atoms with van der Waals surface area (Å²) in [7, 11) is 3.15. The Morgan fingerprint density at radius 2 is 1.78 bits per heavy atom. The minimum atomic E-state index is -3.10. The molecule has 4 aromatic rings. The van der Waals surface area contributed by atoms with Gasteiger partial charge in [-0.3, -0.25) is 19.4 Å². The zero-order chi connectivity index (χ0) is 25.5. The molecule has 1 saturated carbocycles. The lowest BCUT2D eigenvalue weighted by Gasteiger charge is -2.14. The summed E-state index contributed by atoms with van der Waals surface area (Å²) in [6.45, 7) is 0.776. The molecule has 0 aliphatic heterocycles. The molecule has 5 rings (SSSR count). The Kier molecular flexibility index (Phi) is 5.74. The highest BCUT2D eigenvalue weighted by Gasteiger charge is 2.52. The molecular formula is C26H24F2N6O2. The van der Waals surface area contributed by atoms with Gasteiger partial charge in [-0.25, -0.2) is 4.98 Å². The van der Waals surface area contributed by atoms with Crippen molar-refractivity contribution in [2.24, 2.45) is 7.05 Å². The SMILES string of the molecule is COC(=O)C1(c2ccc(-c3ccc(-c4cnn(C)c4Nc4cncc(C(C)(F)F)n4)nc3)cc2)CC1. The highest BCUT2D eigenvalue weighted by molar-refractivity contribution is 5.86. The van der Waals surface area contributed by atoms with Gasteiger partial charge in [0.25, 0.3) is 5.92 Å². The van der Waals surface area contributed by atoms with Gasteiger partial charge in [-0.2, -0.15) is 13.9 Å². The number of methoxy groups -OCH3 is 1. The third-order valence-corrected chi connectivity index (χ3v) is 6.41. The van der Waals surface area contributed by atoms with Gasteiger partial charge in [0, 0.05) is 25.7 Å². The van der Waals surface area contributed by atoms with Gasteiger partial charge in [-0.1, -0.05) is 30.3 Å². The van der Waals surface area contributed by atoms with E-state index < -0.39 is 17.0 Å². The number of carbonyl (C=O) groups excluding carboxylic acids is 1. The van der Waals surface area contributed by atoms with E-state index in [2.05, 4.69) is 25.4 Å². The number of rotatable bonds is 7. The lowest BCUT2D eigenvalue weighted by atomic mass is 9.94. The van der Waals surface area contributed by atoms with Crippen LogP contribution in [-0.2, 0) is 27.9 Å². The van der Waals surface area contributed by atoms with Crippen molar-refractivity contribution in [1.82, 2.24) is 24.7 Å². The number of hydrogen-bond donors (Lipinski definition) is 1. The smallest absolute Gasteiger partial charge is 0.316 e. The topological polar surface area (TPSA) is 94.8 Å². The van der Waals surface area contributed by atoms with Gasteiger partial charge >= 0.3 is 5.97 Å². The largest absolute Gasteiger partial charge is 0.468 e. The highest BCUT2D eigenvalue weighted by atomic mass is 19.3. The lowest BCUT2D eigenvalue weighted by Crippen LogP contribution is -2.21. The Bertz CT molecular complexity index is 1410. The number of aromatic nitrogens is 5. The van der Waals surface area contributed by atoms with Gasteiger partial charge in [0.05, 0.1) is 42.4 Å². The van der Waals surface area contributed by atoms with E-state index in [4.69, 9.17) is 4.74 Å². The van der Waals surface area contributed by atoms with Crippen LogP contribution in [0.2, 0.25) is 0 Å². The first kappa shape index (κ1) is 23.5. The molecule has 0 atom stereocenters. The molecule has 36 heavy (non-hydrogen) atoms. The Morgan fingerprint density at radius 3 is 2.39 bits per heavy atom. The normalized spacial score (nSPS) is 14.4. The number of alkyl halides is 2. The third kappa shape index (κ3) is 4.30. The van der Waals surface area contributed by atoms with E-state index in [0.717, 1.165) is 42.7 Å². The molecule has 0 radical (unpaired) electrons. The quantitative estimate of drug-likeness (QED) is 0.364. The fourth-order valence-corrected chi connectivity index (χ4v) is 4.17. The minimum absolute atomic E-state index is 0.177. The second-order valence-electron chi connectivity index (χ2n) is 8.92. The first-order valence-electron chi connectivity index (χ1n) is 11.4. The number of aryl methyl sites for hydroxylation is 1. The van der Waals surface area contributed by atoms with E-state index in [9.17, 15) is 13.6 Å². The number of pyridine rings is 1. The van der Waals surface area contributed by atoms with Crippen LogP contribution in [0, 0.1) is 0 Å². The number of halogens is 2. The number of nitrogens with one attached hydrogen (secondary N) is 1. The molecule has 3 heterocycles. The second-order valence-corrected chi connectivity index (χ2v) is 8.92. The minimum Gasteiger partial charge on any atom is -0.468 e. The molecule has 3 aromatic heterocycles. The van der Waals surface area contributed by atoms with Crippen LogP contribution in [-0.4, -0.2) is 37.8 Å². The molecule has 0 unspecified atom stereocenters. The zero-order valence-corrected chi connectivity index (χ0v) is 20.0. The fraction of sp³-hybridized carbons (Fsp3) is 0.269. The van der Waals surface area contributed by atoms with Crippen molar-refractivity contribution in [3.8, 4) is 22.4 Å². The molecule has 184 valence electrons. The number of anilines is 2. The maximum Gasteiger partial charge on any atom is 0.316 e.